The van der Waals surface area contributed by atoms with Gasteiger partial charge in [0.15, 0.2) is 5.92 Å². The smallest absolute Gasteiger partial charge is 0.405 e. The molecule has 0 aliphatic rings. The number of rotatable bonds is 5. The highest BCUT2D eigenvalue weighted by Crippen LogP contribution is 2.30. The van der Waals surface area contributed by atoms with Gasteiger partial charge in [-0.3, -0.25) is 4.79 Å². The lowest BCUT2D eigenvalue weighted by Gasteiger charge is -2.17. The van der Waals surface area contributed by atoms with E-state index < -0.39 is 24.7 Å². The molecule has 7 heteroatoms. The van der Waals surface area contributed by atoms with Gasteiger partial charge in [0.25, 0.3) is 0 Å². The van der Waals surface area contributed by atoms with Crippen LogP contribution in [0.2, 0.25) is 0 Å². The monoisotopic (exact) mass is 280 g/mol. The summed E-state index contributed by atoms with van der Waals surface area (Å²) < 4.78 is 42.1. The Morgan fingerprint density at radius 1 is 1.44 bits per heavy atom. The van der Waals surface area contributed by atoms with Crippen LogP contribution in [0, 0.1) is 5.92 Å². The number of aliphatic carboxylic acids is 1. The Balaban J connectivity index is 2.77. The predicted octanol–water partition coefficient (Wildman–Crippen LogP) is 3.05. The van der Waals surface area contributed by atoms with Crippen LogP contribution in [-0.2, 0) is 4.79 Å². The number of benzene rings is 1. The van der Waals surface area contributed by atoms with Gasteiger partial charge in [-0.1, -0.05) is 12.1 Å². The van der Waals surface area contributed by atoms with E-state index in [1.54, 1.807) is 24.5 Å². The molecule has 0 saturated carbocycles. The fourth-order valence-corrected chi connectivity index (χ4v) is 1.76. The third-order valence-corrected chi connectivity index (χ3v) is 2.94. The summed E-state index contributed by atoms with van der Waals surface area (Å²) in [4.78, 5) is 11.2. The molecule has 3 nitrogen and oxygen atoms in total. The quantitative estimate of drug-likeness (QED) is 0.842. The molecule has 0 aromatic heterocycles. The second-order valence-electron chi connectivity index (χ2n) is 3.39. The van der Waals surface area contributed by atoms with Gasteiger partial charge in [0.2, 0.25) is 0 Å². The van der Waals surface area contributed by atoms with Gasteiger partial charge < -0.3 is 9.84 Å². The zero-order valence-electron chi connectivity index (χ0n) is 9.40. The number of para-hydroxylation sites is 1. The molecule has 1 unspecified atom stereocenters. The molecular formula is C11H11F3O3S. The summed E-state index contributed by atoms with van der Waals surface area (Å²) in [5.74, 6) is -4.21. The third kappa shape index (κ3) is 3.83. The van der Waals surface area contributed by atoms with Crippen LogP contribution in [0.4, 0.5) is 13.2 Å². The fraction of sp³-hybridized carbons (Fsp3) is 0.364. The lowest BCUT2D eigenvalue weighted by molar-refractivity contribution is -0.198. The van der Waals surface area contributed by atoms with Gasteiger partial charge in [-0.2, -0.15) is 13.2 Å². The zero-order valence-corrected chi connectivity index (χ0v) is 10.2. The second kappa shape index (κ2) is 5.99. The first kappa shape index (κ1) is 14.7. The average Bonchev–Trinajstić information content (AvgIpc) is 2.27. The maximum Gasteiger partial charge on any atom is 0.405 e. The summed E-state index contributed by atoms with van der Waals surface area (Å²) in [7, 11) is 0. The molecule has 1 atom stereocenters. The van der Waals surface area contributed by atoms with Crippen LogP contribution in [0.25, 0.3) is 0 Å². The molecule has 0 radical (unpaired) electrons. The predicted molar refractivity (Wildman–Crippen MR) is 60.9 cm³/mol. The van der Waals surface area contributed by atoms with Crippen molar-refractivity contribution in [3.8, 4) is 5.75 Å². The number of carboxylic acids is 1. The van der Waals surface area contributed by atoms with Crippen LogP contribution in [0.5, 0.6) is 5.75 Å². The van der Waals surface area contributed by atoms with Crippen LogP contribution in [0.1, 0.15) is 0 Å². The highest BCUT2D eigenvalue weighted by molar-refractivity contribution is 7.98. The number of ether oxygens (including phenoxy) is 1. The number of hydrogen-bond acceptors (Lipinski definition) is 3. The molecule has 0 aliphatic heterocycles. The Kier molecular flexibility index (Phi) is 4.89. The number of carbonyl (C=O) groups is 1. The topological polar surface area (TPSA) is 46.5 Å². The Morgan fingerprint density at radius 2 is 2.06 bits per heavy atom. The highest BCUT2D eigenvalue weighted by atomic mass is 32.2. The van der Waals surface area contributed by atoms with Crippen molar-refractivity contribution in [2.75, 3.05) is 12.9 Å². The first-order valence-electron chi connectivity index (χ1n) is 4.91. The third-order valence-electron chi connectivity index (χ3n) is 2.17. The van der Waals surface area contributed by atoms with Crippen molar-refractivity contribution in [1.29, 1.82) is 0 Å². The molecule has 0 fully saturated rings. The van der Waals surface area contributed by atoms with Crippen LogP contribution in [0.15, 0.2) is 29.2 Å². The molecule has 1 N–H and O–H groups in total. The van der Waals surface area contributed by atoms with Gasteiger partial charge in [0, 0.05) is 4.90 Å². The second-order valence-corrected chi connectivity index (χ2v) is 4.24. The summed E-state index contributed by atoms with van der Waals surface area (Å²) >= 11 is 1.31. The van der Waals surface area contributed by atoms with Crippen molar-refractivity contribution in [2.24, 2.45) is 5.92 Å². The highest BCUT2D eigenvalue weighted by Gasteiger charge is 2.45. The Bertz CT molecular complexity index is 420. The van der Waals surface area contributed by atoms with E-state index in [9.17, 15) is 18.0 Å². The minimum atomic E-state index is -4.82. The van der Waals surface area contributed by atoms with Crippen LogP contribution >= 0.6 is 11.8 Å². The van der Waals surface area contributed by atoms with Gasteiger partial charge in [-0.25, -0.2) is 0 Å². The molecule has 100 valence electrons. The summed E-state index contributed by atoms with van der Waals surface area (Å²) in [6.07, 6.45) is -3.07. The molecule has 1 rings (SSSR count). The Morgan fingerprint density at radius 3 is 2.56 bits per heavy atom. The molecule has 1 aromatic carbocycles. The van der Waals surface area contributed by atoms with E-state index >= 15 is 0 Å². The summed E-state index contributed by atoms with van der Waals surface area (Å²) in [5.41, 5.74) is 0. The lowest BCUT2D eigenvalue weighted by Crippen LogP contribution is -2.35. The van der Waals surface area contributed by atoms with E-state index in [0.717, 1.165) is 0 Å². The first-order chi connectivity index (χ1) is 8.36. The molecule has 0 saturated heterocycles. The van der Waals surface area contributed by atoms with Crippen molar-refractivity contribution in [2.45, 2.75) is 11.1 Å². The lowest BCUT2D eigenvalue weighted by atomic mass is 10.1. The molecule has 18 heavy (non-hydrogen) atoms. The van der Waals surface area contributed by atoms with Gasteiger partial charge in [-0.15, -0.1) is 11.8 Å². The number of alkyl halides is 3. The zero-order chi connectivity index (χ0) is 13.8. The van der Waals surface area contributed by atoms with Crippen molar-refractivity contribution >= 4 is 17.7 Å². The minimum Gasteiger partial charge on any atom is -0.491 e. The largest absolute Gasteiger partial charge is 0.491 e. The Labute approximate surface area is 106 Å². The standard InChI is InChI=1S/C11H11F3O3S/c1-18-9-5-3-2-4-8(9)17-6-7(10(15)16)11(12,13)14/h2-5,7H,6H2,1H3,(H,15,16). The van der Waals surface area contributed by atoms with E-state index in [4.69, 9.17) is 9.84 Å². The van der Waals surface area contributed by atoms with Crippen molar-refractivity contribution in [1.82, 2.24) is 0 Å². The fourth-order valence-electron chi connectivity index (χ4n) is 1.22. The number of hydrogen-bond donors (Lipinski definition) is 1. The van der Waals surface area contributed by atoms with Gasteiger partial charge >= 0.3 is 12.1 Å². The van der Waals surface area contributed by atoms with Crippen molar-refractivity contribution < 1.29 is 27.8 Å². The summed E-state index contributed by atoms with van der Waals surface area (Å²) in [5, 5.41) is 8.51. The van der Waals surface area contributed by atoms with Crippen LogP contribution < -0.4 is 4.74 Å². The molecule has 0 aliphatic carbocycles. The van der Waals surface area contributed by atoms with E-state index in [1.165, 1.54) is 17.8 Å². The molecule has 1 aromatic rings. The summed E-state index contributed by atoms with van der Waals surface area (Å²) in [6, 6.07) is 6.51. The van der Waals surface area contributed by atoms with Gasteiger partial charge in [0.1, 0.15) is 12.4 Å². The number of thioether (sulfide) groups is 1. The van der Waals surface area contributed by atoms with Gasteiger partial charge in [0.05, 0.1) is 0 Å². The maximum atomic E-state index is 12.4. The first-order valence-corrected chi connectivity index (χ1v) is 6.14. The normalized spacial score (nSPS) is 13.1. The SMILES string of the molecule is CSc1ccccc1OCC(C(=O)O)C(F)(F)F. The minimum absolute atomic E-state index is 0.250. The summed E-state index contributed by atoms with van der Waals surface area (Å²) in [6.45, 7) is -0.934. The number of carboxylic acid groups (broad SMARTS) is 1. The van der Waals surface area contributed by atoms with E-state index in [-0.39, 0.29) is 5.75 Å². The molecule has 0 amide bonds. The van der Waals surface area contributed by atoms with E-state index in [1.807, 2.05) is 0 Å². The molecular weight excluding hydrogens is 269 g/mol. The van der Waals surface area contributed by atoms with Crippen LogP contribution in [-0.4, -0.2) is 30.1 Å². The molecule has 0 spiro atoms. The molecule has 0 heterocycles. The Hall–Kier alpha value is -1.37. The van der Waals surface area contributed by atoms with E-state index in [0.29, 0.717) is 4.90 Å². The van der Waals surface area contributed by atoms with E-state index in [2.05, 4.69) is 0 Å². The van der Waals surface area contributed by atoms with Crippen molar-refractivity contribution in [3.63, 3.8) is 0 Å². The number of halogens is 3. The van der Waals surface area contributed by atoms with Gasteiger partial charge in [-0.05, 0) is 18.4 Å². The van der Waals surface area contributed by atoms with Crippen molar-refractivity contribution in [3.05, 3.63) is 24.3 Å². The maximum absolute atomic E-state index is 12.4. The van der Waals surface area contributed by atoms with Crippen LogP contribution in [0.3, 0.4) is 0 Å². The average molecular weight is 280 g/mol. The molecule has 0 bridgehead atoms.